The molecular formula is C12H15ClN2O5S. The highest BCUT2D eigenvalue weighted by molar-refractivity contribution is 7.90. The normalized spacial score (nSPS) is 11.0. The fourth-order valence-electron chi connectivity index (χ4n) is 1.51. The number of anilines is 1. The second-order valence-electron chi connectivity index (χ2n) is 4.36. The Morgan fingerprint density at radius 3 is 2.57 bits per heavy atom. The van der Waals surface area contributed by atoms with Crippen molar-refractivity contribution < 1.29 is 23.1 Å². The molecule has 0 bridgehead atoms. The third-order valence-electron chi connectivity index (χ3n) is 2.44. The Labute approximate surface area is 127 Å². The lowest BCUT2D eigenvalue weighted by Gasteiger charge is -2.10. The number of aromatic carboxylic acids is 1. The summed E-state index contributed by atoms with van der Waals surface area (Å²) in [5.41, 5.74) is -0.0266. The number of sulfone groups is 1. The molecule has 1 rings (SSSR count). The molecule has 0 saturated carbocycles. The predicted octanol–water partition coefficient (Wildman–Crippen LogP) is 1.59. The first-order valence-corrected chi connectivity index (χ1v) is 8.38. The van der Waals surface area contributed by atoms with Crippen LogP contribution in [0.5, 0.6) is 0 Å². The van der Waals surface area contributed by atoms with E-state index in [4.69, 9.17) is 16.7 Å². The molecule has 1 aromatic carbocycles. The van der Waals surface area contributed by atoms with Crippen molar-refractivity contribution in [3.8, 4) is 0 Å². The fraction of sp³-hybridized carbons (Fsp3) is 0.333. The van der Waals surface area contributed by atoms with Crippen molar-refractivity contribution in [1.29, 1.82) is 0 Å². The van der Waals surface area contributed by atoms with Crippen LogP contribution >= 0.6 is 11.6 Å². The number of nitrogens with one attached hydrogen (secondary N) is 2. The Bertz CT molecular complexity index is 645. The van der Waals surface area contributed by atoms with Gasteiger partial charge in [0.25, 0.3) is 0 Å². The molecule has 0 unspecified atom stereocenters. The minimum absolute atomic E-state index is 0.0331. The van der Waals surface area contributed by atoms with E-state index in [-0.39, 0.29) is 35.0 Å². The van der Waals surface area contributed by atoms with Gasteiger partial charge in [-0.2, -0.15) is 0 Å². The summed E-state index contributed by atoms with van der Waals surface area (Å²) in [6.45, 7) is 0.162. The Kier molecular flexibility index (Phi) is 5.98. The number of hydrogen-bond donors (Lipinski definition) is 3. The molecule has 1 aromatic rings. The Balaban J connectivity index is 2.57. The highest BCUT2D eigenvalue weighted by Crippen LogP contribution is 2.20. The largest absolute Gasteiger partial charge is 0.478 e. The van der Waals surface area contributed by atoms with Gasteiger partial charge in [-0.1, -0.05) is 11.6 Å². The average molecular weight is 335 g/mol. The van der Waals surface area contributed by atoms with Crippen LogP contribution in [0.4, 0.5) is 10.5 Å². The van der Waals surface area contributed by atoms with E-state index in [0.717, 1.165) is 6.26 Å². The quantitative estimate of drug-likeness (QED) is 0.684. The van der Waals surface area contributed by atoms with Gasteiger partial charge < -0.3 is 15.7 Å². The molecule has 9 heteroatoms. The molecule has 21 heavy (non-hydrogen) atoms. The van der Waals surface area contributed by atoms with Crippen molar-refractivity contribution in [3.05, 3.63) is 28.8 Å². The summed E-state index contributed by atoms with van der Waals surface area (Å²) in [6.07, 6.45) is 1.39. The van der Waals surface area contributed by atoms with E-state index in [9.17, 15) is 18.0 Å². The highest BCUT2D eigenvalue weighted by atomic mass is 35.5. The monoisotopic (exact) mass is 334 g/mol. The van der Waals surface area contributed by atoms with Gasteiger partial charge in [-0.15, -0.1) is 0 Å². The van der Waals surface area contributed by atoms with Gasteiger partial charge in [-0.25, -0.2) is 18.0 Å². The zero-order valence-electron chi connectivity index (χ0n) is 11.2. The van der Waals surface area contributed by atoms with Crippen LogP contribution < -0.4 is 10.6 Å². The van der Waals surface area contributed by atoms with Crippen LogP contribution in [0, 0.1) is 0 Å². The third-order valence-corrected chi connectivity index (χ3v) is 3.70. The molecule has 2 amide bonds. The average Bonchev–Trinajstić information content (AvgIpc) is 2.35. The smallest absolute Gasteiger partial charge is 0.337 e. The number of hydrogen-bond acceptors (Lipinski definition) is 4. The summed E-state index contributed by atoms with van der Waals surface area (Å²) in [5.74, 6) is -1.25. The molecule has 0 aliphatic carbocycles. The number of amides is 2. The van der Waals surface area contributed by atoms with E-state index in [1.165, 1.54) is 18.2 Å². The summed E-state index contributed by atoms with van der Waals surface area (Å²) >= 11 is 5.69. The first-order valence-electron chi connectivity index (χ1n) is 5.94. The zero-order chi connectivity index (χ0) is 16.0. The molecule has 0 spiro atoms. The molecule has 0 atom stereocenters. The van der Waals surface area contributed by atoms with Gasteiger partial charge in [0, 0.05) is 17.8 Å². The van der Waals surface area contributed by atoms with Crippen LogP contribution in [-0.2, 0) is 9.84 Å². The van der Waals surface area contributed by atoms with Crippen LogP contribution in [0.15, 0.2) is 18.2 Å². The van der Waals surface area contributed by atoms with Crippen molar-refractivity contribution in [2.24, 2.45) is 0 Å². The van der Waals surface area contributed by atoms with Crippen LogP contribution in [-0.4, -0.2) is 44.1 Å². The van der Waals surface area contributed by atoms with Crippen molar-refractivity contribution in [1.82, 2.24) is 5.32 Å². The van der Waals surface area contributed by atoms with Gasteiger partial charge in [-0.05, 0) is 24.6 Å². The van der Waals surface area contributed by atoms with Gasteiger partial charge in [0.15, 0.2) is 0 Å². The predicted molar refractivity (Wildman–Crippen MR) is 79.8 cm³/mol. The maximum atomic E-state index is 11.6. The Hall–Kier alpha value is -1.80. The van der Waals surface area contributed by atoms with Crippen molar-refractivity contribution >= 4 is 39.1 Å². The first-order chi connectivity index (χ1) is 9.69. The maximum Gasteiger partial charge on any atom is 0.337 e. The topological polar surface area (TPSA) is 113 Å². The molecule has 0 aromatic heterocycles. The molecule has 0 saturated heterocycles. The summed E-state index contributed by atoms with van der Waals surface area (Å²) in [6, 6.07) is 3.44. The zero-order valence-corrected chi connectivity index (χ0v) is 12.8. The van der Waals surface area contributed by atoms with Crippen molar-refractivity contribution in [2.75, 3.05) is 23.9 Å². The standard InChI is InChI=1S/C12H15ClN2O5S/c1-21(19,20)6-2-5-14-12(18)15-10-4-3-8(13)7-9(10)11(16)17/h3-4,7H,2,5-6H2,1H3,(H,16,17)(H2,14,15,18). The number of carbonyl (C=O) groups is 2. The SMILES string of the molecule is CS(=O)(=O)CCCNC(=O)Nc1ccc(Cl)cc1C(=O)O. The van der Waals surface area contributed by atoms with E-state index >= 15 is 0 Å². The number of rotatable bonds is 6. The van der Waals surface area contributed by atoms with Crippen molar-refractivity contribution in [3.63, 3.8) is 0 Å². The number of carboxylic acid groups (broad SMARTS) is 1. The van der Waals surface area contributed by atoms with E-state index in [0.29, 0.717) is 0 Å². The van der Waals surface area contributed by atoms with Crippen LogP contribution in [0.2, 0.25) is 5.02 Å². The third kappa shape index (κ3) is 6.46. The van der Waals surface area contributed by atoms with Crippen LogP contribution in [0.3, 0.4) is 0 Å². The first kappa shape index (κ1) is 17.3. The lowest BCUT2D eigenvalue weighted by molar-refractivity contribution is 0.0698. The molecule has 116 valence electrons. The van der Waals surface area contributed by atoms with Gasteiger partial charge in [0.05, 0.1) is 17.0 Å². The summed E-state index contributed by atoms with van der Waals surface area (Å²) in [4.78, 5) is 22.6. The van der Waals surface area contributed by atoms with Gasteiger partial charge in [0.2, 0.25) is 0 Å². The maximum absolute atomic E-state index is 11.6. The molecule has 3 N–H and O–H groups in total. The minimum atomic E-state index is -3.07. The molecule has 0 aliphatic rings. The van der Waals surface area contributed by atoms with E-state index < -0.39 is 21.8 Å². The molecule has 7 nitrogen and oxygen atoms in total. The summed E-state index contributed by atoms with van der Waals surface area (Å²) in [5, 5.41) is 14.1. The number of carboxylic acids is 1. The van der Waals surface area contributed by atoms with Crippen LogP contribution in [0.1, 0.15) is 16.8 Å². The van der Waals surface area contributed by atoms with Crippen molar-refractivity contribution in [2.45, 2.75) is 6.42 Å². The van der Waals surface area contributed by atoms with Gasteiger partial charge >= 0.3 is 12.0 Å². The summed E-state index contributed by atoms with van der Waals surface area (Å²) < 4.78 is 21.8. The second-order valence-corrected chi connectivity index (χ2v) is 7.06. The number of carbonyl (C=O) groups excluding carboxylic acids is 1. The van der Waals surface area contributed by atoms with Crippen LogP contribution in [0.25, 0.3) is 0 Å². The highest BCUT2D eigenvalue weighted by Gasteiger charge is 2.13. The number of urea groups is 1. The second kappa shape index (κ2) is 7.28. The lowest BCUT2D eigenvalue weighted by atomic mass is 10.2. The van der Waals surface area contributed by atoms with Gasteiger partial charge in [-0.3, -0.25) is 0 Å². The van der Waals surface area contributed by atoms with E-state index in [2.05, 4.69) is 10.6 Å². The molecule has 0 heterocycles. The van der Waals surface area contributed by atoms with E-state index in [1.54, 1.807) is 0 Å². The summed E-state index contributed by atoms with van der Waals surface area (Å²) in [7, 11) is -3.07. The fourth-order valence-corrected chi connectivity index (χ4v) is 2.35. The Morgan fingerprint density at radius 1 is 1.33 bits per heavy atom. The molecule has 0 radical (unpaired) electrons. The molecule has 0 aliphatic heterocycles. The molecular weight excluding hydrogens is 320 g/mol. The Morgan fingerprint density at radius 2 is 2.00 bits per heavy atom. The lowest BCUT2D eigenvalue weighted by Crippen LogP contribution is -2.31. The number of benzene rings is 1. The minimum Gasteiger partial charge on any atom is -0.478 e. The van der Waals surface area contributed by atoms with E-state index in [1.807, 2.05) is 0 Å². The number of halogens is 1. The van der Waals surface area contributed by atoms with Gasteiger partial charge in [0.1, 0.15) is 9.84 Å². The molecule has 0 fully saturated rings.